The van der Waals surface area contributed by atoms with Gasteiger partial charge in [-0.1, -0.05) is 98.5 Å². The molecule has 1 aromatic rings. The molecule has 5 aliphatic rings. The van der Waals surface area contributed by atoms with Gasteiger partial charge in [0, 0.05) is 30.7 Å². The maximum Gasteiger partial charge on any atom is 0.506 e. The maximum atomic E-state index is 12.6. The van der Waals surface area contributed by atoms with Gasteiger partial charge in [0.25, 0.3) is 0 Å². The molecule has 1 amide bonds. The summed E-state index contributed by atoms with van der Waals surface area (Å²) in [6.07, 6.45) is 30.1. The monoisotopic (exact) mass is 741 g/mol. The Morgan fingerprint density at radius 1 is 0.963 bits per heavy atom. The molecular weight excluding hydrogens is 675 g/mol. The van der Waals surface area contributed by atoms with Crippen LogP contribution in [0.5, 0.6) is 0 Å². The predicted molar refractivity (Wildman–Crippen MR) is 217 cm³/mol. The van der Waals surface area contributed by atoms with Gasteiger partial charge in [0.1, 0.15) is 0 Å². The van der Waals surface area contributed by atoms with Crippen LogP contribution < -0.4 is 5.32 Å². The molecule has 5 unspecified atom stereocenters. The molecule has 1 aromatic carbocycles. The van der Waals surface area contributed by atoms with Crippen molar-refractivity contribution in [1.29, 1.82) is 0 Å². The van der Waals surface area contributed by atoms with E-state index in [0.29, 0.717) is 24.7 Å². The molecule has 0 heterocycles. The number of rotatable bonds is 13. The lowest BCUT2D eigenvalue weighted by molar-refractivity contribution is -0.130. The molecule has 6 rings (SSSR count). The van der Waals surface area contributed by atoms with E-state index < -0.39 is 6.16 Å². The lowest BCUT2D eigenvalue weighted by Crippen LogP contribution is -2.45. The van der Waals surface area contributed by atoms with Crippen LogP contribution in [0.1, 0.15) is 136 Å². The van der Waals surface area contributed by atoms with Crippen LogP contribution >= 0.6 is 0 Å². The molecule has 3 saturated carbocycles. The molecule has 7 heteroatoms. The van der Waals surface area contributed by atoms with Crippen molar-refractivity contribution in [1.82, 2.24) is 5.32 Å². The number of benzene rings is 1. The minimum atomic E-state index is -1.39. The van der Waals surface area contributed by atoms with Crippen molar-refractivity contribution < 1.29 is 29.0 Å². The van der Waals surface area contributed by atoms with E-state index in [9.17, 15) is 19.2 Å². The van der Waals surface area contributed by atoms with Crippen LogP contribution in [0.2, 0.25) is 0 Å². The van der Waals surface area contributed by atoms with Crippen LogP contribution in [0.3, 0.4) is 0 Å². The van der Waals surface area contributed by atoms with Gasteiger partial charge in [0.2, 0.25) is 5.91 Å². The second-order valence-electron chi connectivity index (χ2n) is 16.5. The lowest BCUT2D eigenvalue weighted by atomic mass is 9.51. The molecular formula is C47H67NO6. The molecule has 5 aliphatic carbocycles. The second-order valence-corrected chi connectivity index (χ2v) is 16.5. The fourth-order valence-corrected chi connectivity index (χ4v) is 9.96. The van der Waals surface area contributed by atoms with Crippen molar-refractivity contribution in [3.8, 4) is 0 Å². The highest BCUT2D eigenvalue weighted by molar-refractivity contribution is 5.92. The second kappa shape index (κ2) is 21.4. The number of unbranched alkanes of at least 4 members (excludes halogenated alkanes) is 2. The van der Waals surface area contributed by atoms with Crippen molar-refractivity contribution in [2.24, 2.45) is 34.5 Å². The number of hydrogen-bond donors (Lipinski definition) is 2. The largest absolute Gasteiger partial charge is 0.506 e. The number of aryl methyl sites for hydroxylation is 1. The van der Waals surface area contributed by atoms with E-state index in [2.05, 4.69) is 78.5 Å². The Balaban J connectivity index is 0.000000204. The Morgan fingerprint density at radius 3 is 2.41 bits per heavy atom. The Kier molecular flexibility index (Phi) is 17.0. The average Bonchev–Trinajstić information content (AvgIpc) is 3.81. The van der Waals surface area contributed by atoms with Crippen LogP contribution in [-0.4, -0.2) is 41.9 Å². The first-order valence-electron chi connectivity index (χ1n) is 20.9. The van der Waals surface area contributed by atoms with E-state index in [1.807, 2.05) is 26.0 Å². The minimum absolute atomic E-state index is 0.00662. The third kappa shape index (κ3) is 11.9. The topological polar surface area (TPSA) is 110 Å². The summed E-state index contributed by atoms with van der Waals surface area (Å²) in [6, 6.07) is 10.8. The average molecular weight is 742 g/mol. The molecule has 2 N–H and O–H groups in total. The number of fused-ring (bicyclic) bond motifs is 5. The van der Waals surface area contributed by atoms with E-state index in [4.69, 9.17) is 5.11 Å². The van der Waals surface area contributed by atoms with Gasteiger partial charge in [-0.25, -0.2) is 4.79 Å². The van der Waals surface area contributed by atoms with E-state index >= 15 is 0 Å². The molecule has 7 nitrogen and oxygen atoms in total. The van der Waals surface area contributed by atoms with Gasteiger partial charge in [0.05, 0.1) is 0 Å². The highest BCUT2D eigenvalue weighted by Gasteiger charge is 2.57. The third-order valence-corrected chi connectivity index (χ3v) is 12.9. The zero-order valence-electron chi connectivity index (χ0n) is 33.6. The number of ether oxygens (including phenoxy) is 1. The number of ketones is 2. The number of hydrogen-bond acceptors (Lipinski definition) is 5. The SMILES string of the molecule is C(=C\C1CCCC1)/CCCc1ccccc1.C/C=C\CCCC(=O)NCC.CC12CCC(=O)C=C1CCC1C2=CCC2(C)C(C(=O)COC(=O)O)CCC12. The number of Topliss-reactive ketones (excluding diaryl/α,β-unsaturated/α-hetero) is 1. The summed E-state index contributed by atoms with van der Waals surface area (Å²) in [5.74, 6) is 2.04. The Bertz CT molecular complexity index is 1520. The summed E-state index contributed by atoms with van der Waals surface area (Å²) in [5, 5.41) is 11.5. The van der Waals surface area contributed by atoms with Crippen LogP contribution in [0.15, 0.2) is 77.9 Å². The van der Waals surface area contributed by atoms with Crippen molar-refractivity contribution >= 4 is 23.6 Å². The summed E-state index contributed by atoms with van der Waals surface area (Å²) in [5.41, 5.74) is 4.15. The number of carbonyl (C=O) groups excluding carboxylic acids is 3. The molecule has 0 bridgehead atoms. The first-order chi connectivity index (χ1) is 26.0. The van der Waals surface area contributed by atoms with Gasteiger partial charge in [-0.3, -0.25) is 14.4 Å². The number of carboxylic acid groups (broad SMARTS) is 1. The molecule has 0 aromatic heterocycles. The van der Waals surface area contributed by atoms with Crippen LogP contribution in [-0.2, 0) is 25.5 Å². The molecule has 0 saturated heterocycles. The van der Waals surface area contributed by atoms with Crippen molar-refractivity contribution in [2.75, 3.05) is 13.2 Å². The fraction of sp³-hybridized carbons (Fsp3) is 0.617. The highest BCUT2D eigenvalue weighted by Crippen LogP contribution is 2.64. The number of carbonyl (C=O) groups is 4. The number of allylic oxidation sites excluding steroid dienone is 8. The summed E-state index contributed by atoms with van der Waals surface area (Å²) >= 11 is 0. The summed E-state index contributed by atoms with van der Waals surface area (Å²) in [7, 11) is 0. The minimum Gasteiger partial charge on any atom is -0.450 e. The predicted octanol–water partition coefficient (Wildman–Crippen LogP) is 10.9. The number of amides is 1. The van der Waals surface area contributed by atoms with Gasteiger partial charge < -0.3 is 15.2 Å². The standard InChI is InChI=1S/C22H28O5.C16H22.C9H17NO/c1-21-9-7-14(23)11-13(21)3-4-15-16-5-6-18(19(24)12-27-20(25)26)22(16,2)10-8-17(15)21;1-3-9-15(10-4-1)11-5-2-6-12-16-13-7-8-14-16;1-3-5-6-7-8-9(11)10-4-2/h8,11,15-16,18H,3-7,9-10,12H2,1-2H3,(H,25,26);1,3-4,6,9-10,12,16H,2,5,7-8,11,13-14H2;3,5H,4,6-8H2,1-2H3,(H,10,11)/b;12-6+;5-3-. The smallest absolute Gasteiger partial charge is 0.450 e. The molecule has 0 radical (unpaired) electrons. The van der Waals surface area contributed by atoms with Gasteiger partial charge in [-0.15, -0.1) is 0 Å². The van der Waals surface area contributed by atoms with Crippen molar-refractivity contribution in [3.05, 3.63) is 83.5 Å². The summed E-state index contributed by atoms with van der Waals surface area (Å²) < 4.78 is 4.56. The summed E-state index contributed by atoms with van der Waals surface area (Å²) in [4.78, 5) is 46.1. The molecule has 0 spiro atoms. The first kappa shape index (κ1) is 43.0. The lowest BCUT2D eigenvalue weighted by Gasteiger charge is -2.53. The quantitative estimate of drug-likeness (QED) is 0.118. The number of nitrogens with one attached hydrogen (secondary N) is 1. The molecule has 54 heavy (non-hydrogen) atoms. The van der Waals surface area contributed by atoms with Crippen molar-refractivity contribution in [2.45, 2.75) is 137 Å². The molecule has 296 valence electrons. The third-order valence-electron chi connectivity index (χ3n) is 12.9. The van der Waals surface area contributed by atoms with Gasteiger partial charge >= 0.3 is 6.16 Å². The highest BCUT2D eigenvalue weighted by atomic mass is 16.7. The van der Waals surface area contributed by atoms with Gasteiger partial charge in [-0.05, 0) is 132 Å². The van der Waals surface area contributed by atoms with Crippen LogP contribution in [0.4, 0.5) is 4.79 Å². The van der Waals surface area contributed by atoms with E-state index in [-0.39, 0.29) is 40.8 Å². The van der Waals surface area contributed by atoms with Gasteiger partial charge in [0.15, 0.2) is 18.2 Å². The zero-order chi connectivity index (χ0) is 39.0. The molecule has 0 aliphatic heterocycles. The van der Waals surface area contributed by atoms with Crippen molar-refractivity contribution in [3.63, 3.8) is 0 Å². The van der Waals surface area contributed by atoms with E-state index in [0.717, 1.165) is 63.8 Å². The Hall–Kier alpha value is -3.74. The Labute approximate surface area is 325 Å². The molecule has 3 fully saturated rings. The van der Waals surface area contributed by atoms with E-state index in [1.54, 1.807) is 0 Å². The fourth-order valence-electron chi connectivity index (χ4n) is 9.96. The van der Waals surface area contributed by atoms with Crippen LogP contribution in [0, 0.1) is 34.5 Å². The normalized spacial score (nSPS) is 27.3. The van der Waals surface area contributed by atoms with Gasteiger partial charge in [-0.2, -0.15) is 0 Å². The molecule has 5 atom stereocenters. The zero-order valence-corrected chi connectivity index (χ0v) is 33.6. The van der Waals surface area contributed by atoms with E-state index in [1.165, 1.54) is 61.7 Å². The summed E-state index contributed by atoms with van der Waals surface area (Å²) in [6.45, 7) is 8.83. The maximum absolute atomic E-state index is 12.6. The van der Waals surface area contributed by atoms with Crippen LogP contribution in [0.25, 0.3) is 0 Å². The first-order valence-corrected chi connectivity index (χ1v) is 20.9. The Morgan fingerprint density at radius 2 is 1.70 bits per heavy atom.